The highest BCUT2D eigenvalue weighted by Crippen LogP contribution is 2.15. The van der Waals surface area contributed by atoms with E-state index in [4.69, 9.17) is 4.74 Å². The van der Waals surface area contributed by atoms with Gasteiger partial charge in [-0.05, 0) is 43.7 Å². The molecule has 0 aliphatic rings. The summed E-state index contributed by atoms with van der Waals surface area (Å²) in [6.45, 7) is 3.21. The lowest BCUT2D eigenvalue weighted by molar-refractivity contribution is -0.119. The predicted octanol–water partition coefficient (Wildman–Crippen LogP) is 3.24. The molecular formula is C17H16FNO3. The zero-order valence-electron chi connectivity index (χ0n) is 12.4. The van der Waals surface area contributed by atoms with Crippen molar-refractivity contribution >= 4 is 17.6 Å². The van der Waals surface area contributed by atoms with Crippen LogP contribution in [-0.2, 0) is 9.53 Å². The van der Waals surface area contributed by atoms with E-state index in [0.29, 0.717) is 5.56 Å². The summed E-state index contributed by atoms with van der Waals surface area (Å²) in [5.74, 6) is -1.73. The van der Waals surface area contributed by atoms with Crippen molar-refractivity contribution in [2.75, 3.05) is 11.9 Å². The van der Waals surface area contributed by atoms with E-state index < -0.39 is 24.3 Å². The van der Waals surface area contributed by atoms with Gasteiger partial charge in [-0.15, -0.1) is 0 Å². The quantitative estimate of drug-likeness (QED) is 0.882. The molecule has 2 aromatic rings. The van der Waals surface area contributed by atoms with Gasteiger partial charge in [0.2, 0.25) is 0 Å². The molecule has 1 amide bonds. The third-order valence-corrected chi connectivity index (χ3v) is 3.02. The number of carbonyl (C=O) groups is 2. The monoisotopic (exact) mass is 301 g/mol. The van der Waals surface area contributed by atoms with E-state index in [-0.39, 0.29) is 5.69 Å². The van der Waals surface area contributed by atoms with E-state index in [1.165, 1.54) is 12.1 Å². The van der Waals surface area contributed by atoms with Crippen LogP contribution >= 0.6 is 0 Å². The molecule has 0 aliphatic heterocycles. The van der Waals surface area contributed by atoms with Gasteiger partial charge in [-0.2, -0.15) is 0 Å². The smallest absolute Gasteiger partial charge is 0.338 e. The lowest BCUT2D eigenvalue weighted by Gasteiger charge is -2.08. The second-order valence-electron chi connectivity index (χ2n) is 4.97. The van der Waals surface area contributed by atoms with Crippen LogP contribution in [-0.4, -0.2) is 18.5 Å². The van der Waals surface area contributed by atoms with Crippen LogP contribution in [0.4, 0.5) is 10.1 Å². The van der Waals surface area contributed by atoms with Gasteiger partial charge in [0.1, 0.15) is 5.82 Å². The topological polar surface area (TPSA) is 55.4 Å². The summed E-state index contributed by atoms with van der Waals surface area (Å²) in [7, 11) is 0. The highest BCUT2D eigenvalue weighted by molar-refractivity contribution is 5.95. The van der Waals surface area contributed by atoms with Crippen molar-refractivity contribution in [2.24, 2.45) is 0 Å². The molecule has 2 aromatic carbocycles. The average molecular weight is 301 g/mol. The number of rotatable bonds is 4. The number of esters is 1. The molecular weight excluding hydrogens is 285 g/mol. The number of ether oxygens (including phenoxy) is 1. The predicted molar refractivity (Wildman–Crippen MR) is 81.2 cm³/mol. The Bertz CT molecular complexity index is 696. The van der Waals surface area contributed by atoms with E-state index in [1.807, 2.05) is 6.92 Å². The van der Waals surface area contributed by atoms with E-state index in [0.717, 1.165) is 11.1 Å². The second-order valence-corrected chi connectivity index (χ2v) is 4.97. The fourth-order valence-corrected chi connectivity index (χ4v) is 1.83. The number of benzene rings is 2. The maximum absolute atomic E-state index is 13.5. The van der Waals surface area contributed by atoms with Crippen molar-refractivity contribution in [3.05, 3.63) is 65.0 Å². The Morgan fingerprint density at radius 1 is 1.05 bits per heavy atom. The summed E-state index contributed by atoms with van der Waals surface area (Å²) in [6.07, 6.45) is 0. The van der Waals surface area contributed by atoms with Gasteiger partial charge in [-0.1, -0.05) is 23.8 Å². The summed E-state index contributed by atoms with van der Waals surface area (Å²) in [6, 6.07) is 11.2. The number of nitrogens with one attached hydrogen (secondary N) is 1. The number of aryl methyl sites for hydroxylation is 2. The third-order valence-electron chi connectivity index (χ3n) is 3.02. The number of hydrogen-bond donors (Lipinski definition) is 1. The standard InChI is InChI=1S/C17H16FNO3/c1-11-3-6-13(7-4-11)17(21)22-10-16(20)19-15-9-12(2)5-8-14(15)18/h3-9H,10H2,1-2H3,(H,19,20). The van der Waals surface area contributed by atoms with Crippen molar-refractivity contribution in [1.82, 2.24) is 0 Å². The summed E-state index contributed by atoms with van der Waals surface area (Å²) in [5.41, 5.74) is 2.26. The van der Waals surface area contributed by atoms with Crippen LogP contribution in [0, 0.1) is 19.7 Å². The maximum Gasteiger partial charge on any atom is 0.338 e. The molecule has 1 N–H and O–H groups in total. The summed E-state index contributed by atoms with van der Waals surface area (Å²) < 4.78 is 18.4. The van der Waals surface area contributed by atoms with Gasteiger partial charge < -0.3 is 10.1 Å². The third kappa shape index (κ3) is 4.15. The molecule has 0 radical (unpaired) electrons. The normalized spacial score (nSPS) is 10.1. The lowest BCUT2D eigenvalue weighted by Crippen LogP contribution is -2.21. The van der Waals surface area contributed by atoms with Crippen molar-refractivity contribution in [1.29, 1.82) is 0 Å². The highest BCUT2D eigenvalue weighted by atomic mass is 19.1. The first-order valence-electron chi connectivity index (χ1n) is 6.75. The largest absolute Gasteiger partial charge is 0.452 e. The summed E-state index contributed by atoms with van der Waals surface area (Å²) in [4.78, 5) is 23.5. The van der Waals surface area contributed by atoms with Crippen LogP contribution in [0.15, 0.2) is 42.5 Å². The maximum atomic E-state index is 13.5. The fourth-order valence-electron chi connectivity index (χ4n) is 1.83. The molecule has 0 heterocycles. The zero-order valence-corrected chi connectivity index (χ0v) is 12.4. The van der Waals surface area contributed by atoms with E-state index >= 15 is 0 Å². The SMILES string of the molecule is Cc1ccc(C(=O)OCC(=O)Nc2cc(C)ccc2F)cc1. The Balaban J connectivity index is 1.91. The summed E-state index contributed by atoms with van der Waals surface area (Å²) in [5, 5.41) is 2.38. The van der Waals surface area contributed by atoms with Crippen LogP contribution in [0.3, 0.4) is 0 Å². The molecule has 22 heavy (non-hydrogen) atoms. The van der Waals surface area contributed by atoms with E-state index in [9.17, 15) is 14.0 Å². The number of carbonyl (C=O) groups excluding carboxylic acids is 2. The van der Waals surface area contributed by atoms with Gasteiger partial charge in [0.25, 0.3) is 5.91 Å². The molecule has 0 bridgehead atoms. The van der Waals surface area contributed by atoms with Crippen molar-refractivity contribution in [3.8, 4) is 0 Å². The Labute approximate surface area is 127 Å². The second kappa shape index (κ2) is 6.85. The lowest BCUT2D eigenvalue weighted by atomic mass is 10.1. The molecule has 0 fully saturated rings. The number of anilines is 1. The average Bonchev–Trinajstić information content (AvgIpc) is 2.49. The van der Waals surface area contributed by atoms with Crippen LogP contribution < -0.4 is 5.32 Å². The Morgan fingerprint density at radius 2 is 1.68 bits per heavy atom. The Hall–Kier alpha value is -2.69. The van der Waals surface area contributed by atoms with Gasteiger partial charge in [0, 0.05) is 0 Å². The van der Waals surface area contributed by atoms with Crippen molar-refractivity contribution in [2.45, 2.75) is 13.8 Å². The molecule has 2 rings (SSSR count). The molecule has 5 heteroatoms. The molecule has 0 aliphatic carbocycles. The molecule has 0 saturated carbocycles. The molecule has 0 spiro atoms. The first-order valence-corrected chi connectivity index (χ1v) is 6.75. The van der Waals surface area contributed by atoms with Gasteiger partial charge >= 0.3 is 5.97 Å². The van der Waals surface area contributed by atoms with Gasteiger partial charge in [0.15, 0.2) is 6.61 Å². The molecule has 114 valence electrons. The van der Waals surface area contributed by atoms with Crippen LogP contribution in [0.25, 0.3) is 0 Å². The van der Waals surface area contributed by atoms with Gasteiger partial charge in [-0.25, -0.2) is 9.18 Å². The molecule has 0 unspecified atom stereocenters. The van der Waals surface area contributed by atoms with Gasteiger partial charge in [0.05, 0.1) is 11.3 Å². The number of hydrogen-bond acceptors (Lipinski definition) is 3. The van der Waals surface area contributed by atoms with Crippen molar-refractivity contribution in [3.63, 3.8) is 0 Å². The van der Waals surface area contributed by atoms with E-state index in [1.54, 1.807) is 37.3 Å². The first-order chi connectivity index (χ1) is 10.5. The minimum atomic E-state index is -0.597. The van der Waals surface area contributed by atoms with Gasteiger partial charge in [-0.3, -0.25) is 4.79 Å². The van der Waals surface area contributed by atoms with Crippen molar-refractivity contribution < 1.29 is 18.7 Å². The minimum Gasteiger partial charge on any atom is -0.452 e. The first kappa shape index (κ1) is 15.7. The zero-order chi connectivity index (χ0) is 16.1. The number of halogens is 1. The van der Waals surface area contributed by atoms with Crippen LogP contribution in [0.2, 0.25) is 0 Å². The van der Waals surface area contributed by atoms with Crippen LogP contribution in [0.1, 0.15) is 21.5 Å². The Morgan fingerprint density at radius 3 is 2.36 bits per heavy atom. The summed E-state index contributed by atoms with van der Waals surface area (Å²) >= 11 is 0. The fraction of sp³-hybridized carbons (Fsp3) is 0.176. The number of amides is 1. The molecule has 0 saturated heterocycles. The Kier molecular flexibility index (Phi) is 4.88. The van der Waals surface area contributed by atoms with E-state index in [2.05, 4.69) is 5.32 Å². The molecule has 0 aromatic heterocycles. The minimum absolute atomic E-state index is 0.0661. The van der Waals surface area contributed by atoms with Crippen LogP contribution in [0.5, 0.6) is 0 Å². The highest BCUT2D eigenvalue weighted by Gasteiger charge is 2.11. The molecule has 0 atom stereocenters. The molecule has 4 nitrogen and oxygen atoms in total.